The number of carbonyl (C=O) groups excluding carboxylic acids is 1. The third-order valence-electron chi connectivity index (χ3n) is 5.04. The minimum Gasteiger partial charge on any atom is -0.368 e. The lowest BCUT2D eigenvalue weighted by Crippen LogP contribution is -2.46. The fourth-order valence-electron chi connectivity index (χ4n) is 3.49. The van der Waals surface area contributed by atoms with E-state index in [-0.39, 0.29) is 6.03 Å². The van der Waals surface area contributed by atoms with Crippen molar-refractivity contribution < 1.29 is 4.79 Å². The van der Waals surface area contributed by atoms with E-state index < -0.39 is 0 Å². The third-order valence-corrected chi connectivity index (χ3v) is 5.85. The first-order chi connectivity index (χ1) is 12.5. The first-order valence-electron chi connectivity index (χ1n) is 9.48. The van der Waals surface area contributed by atoms with Crippen LogP contribution in [0.15, 0.2) is 18.2 Å². The molecule has 3 N–H and O–H groups in total. The molecule has 1 aliphatic heterocycles. The van der Waals surface area contributed by atoms with Crippen molar-refractivity contribution in [2.45, 2.75) is 45.1 Å². The van der Waals surface area contributed by atoms with Crippen LogP contribution >= 0.6 is 23.2 Å². The van der Waals surface area contributed by atoms with Gasteiger partial charge in [-0.2, -0.15) is 0 Å². The maximum atomic E-state index is 10.4. The van der Waals surface area contributed by atoms with E-state index in [1.54, 1.807) is 0 Å². The molecule has 7 heteroatoms. The number of amides is 2. The summed E-state index contributed by atoms with van der Waals surface area (Å²) in [6.07, 6.45) is 5.96. The fraction of sp³-hybridized carbons (Fsp3) is 0.632. The quantitative estimate of drug-likeness (QED) is 0.801. The lowest BCUT2D eigenvalue weighted by atomic mass is 9.96. The second kappa shape index (κ2) is 10.9. The number of nitrogens with two attached hydrogens (primary N) is 1. The average molecular weight is 401 g/mol. The number of halogens is 2. The summed E-state index contributed by atoms with van der Waals surface area (Å²) >= 11 is 12.2. The standard InChI is InChI=1S/C12H16Cl2N2.C7H14N2O/c1-2-15-6-8-16(9-7-15)11-5-3-4-10(13)12(11)14;8-7(10)9-6-4-2-1-3-5-6/h3-5H,2,6-9H2,1H3;6H,1-5H2,(H3,8,9,10). The normalized spacial score (nSPS) is 18.8. The highest BCUT2D eigenvalue weighted by Crippen LogP contribution is 2.32. The zero-order valence-electron chi connectivity index (χ0n) is 15.5. The van der Waals surface area contributed by atoms with E-state index in [0.29, 0.717) is 16.1 Å². The van der Waals surface area contributed by atoms with E-state index in [4.69, 9.17) is 28.9 Å². The Morgan fingerprint density at radius 2 is 1.81 bits per heavy atom. The Balaban J connectivity index is 0.000000209. The molecule has 0 aromatic heterocycles. The van der Waals surface area contributed by atoms with Gasteiger partial charge in [-0.3, -0.25) is 0 Å². The maximum Gasteiger partial charge on any atom is 0.312 e. The molecule has 146 valence electrons. The van der Waals surface area contributed by atoms with Crippen LogP contribution in [0.5, 0.6) is 0 Å². The van der Waals surface area contributed by atoms with Crippen LogP contribution < -0.4 is 16.0 Å². The van der Waals surface area contributed by atoms with Crippen LogP contribution in [0.25, 0.3) is 0 Å². The summed E-state index contributed by atoms with van der Waals surface area (Å²) in [5.41, 5.74) is 6.03. The molecule has 0 spiro atoms. The number of hydrogen-bond acceptors (Lipinski definition) is 3. The molecule has 0 atom stereocenters. The highest BCUT2D eigenvalue weighted by molar-refractivity contribution is 6.43. The molecule has 2 aliphatic rings. The molecule has 1 saturated carbocycles. The third kappa shape index (κ3) is 6.53. The molecular formula is C19H30Cl2N4O. The number of piperazine rings is 1. The van der Waals surface area contributed by atoms with E-state index >= 15 is 0 Å². The Hall–Kier alpha value is -1.17. The van der Waals surface area contributed by atoms with Crippen molar-refractivity contribution in [3.63, 3.8) is 0 Å². The predicted molar refractivity (Wildman–Crippen MR) is 110 cm³/mol. The number of primary amides is 1. The number of benzene rings is 1. The van der Waals surface area contributed by atoms with Crippen molar-refractivity contribution in [2.24, 2.45) is 5.73 Å². The summed E-state index contributed by atoms with van der Waals surface area (Å²) in [7, 11) is 0. The van der Waals surface area contributed by atoms with Crippen molar-refractivity contribution >= 4 is 34.9 Å². The number of nitrogens with zero attached hydrogens (tertiary/aromatic N) is 2. The highest BCUT2D eigenvalue weighted by atomic mass is 35.5. The summed E-state index contributed by atoms with van der Waals surface area (Å²) in [6, 6.07) is 5.79. The number of rotatable bonds is 3. The van der Waals surface area contributed by atoms with Crippen molar-refractivity contribution in [1.29, 1.82) is 0 Å². The molecule has 1 aromatic rings. The summed E-state index contributed by atoms with van der Waals surface area (Å²) < 4.78 is 0. The SMILES string of the molecule is CCN1CCN(c2cccc(Cl)c2Cl)CC1.NC(=O)NC1CCCCC1. The van der Waals surface area contributed by atoms with Gasteiger partial charge in [0.2, 0.25) is 0 Å². The molecule has 1 aromatic carbocycles. The number of carbonyl (C=O) groups is 1. The number of likely N-dealkylation sites (N-methyl/N-ethyl adjacent to an activating group) is 1. The second-order valence-corrected chi connectivity index (χ2v) is 7.62. The van der Waals surface area contributed by atoms with Crippen LogP contribution in [0.1, 0.15) is 39.0 Å². The Labute approximate surface area is 166 Å². The number of urea groups is 1. The molecule has 0 bridgehead atoms. The monoisotopic (exact) mass is 400 g/mol. The van der Waals surface area contributed by atoms with Gasteiger partial charge < -0.3 is 20.9 Å². The molecule has 1 heterocycles. The molecule has 0 radical (unpaired) electrons. The molecule has 26 heavy (non-hydrogen) atoms. The smallest absolute Gasteiger partial charge is 0.312 e. The van der Waals surface area contributed by atoms with Gasteiger partial charge in [-0.25, -0.2) is 4.79 Å². The molecule has 2 fully saturated rings. The molecule has 1 aliphatic carbocycles. The maximum absolute atomic E-state index is 10.4. The van der Waals surface area contributed by atoms with Gasteiger partial charge in [0, 0.05) is 32.2 Å². The minimum absolute atomic E-state index is 0.353. The largest absolute Gasteiger partial charge is 0.368 e. The molecule has 2 amide bonds. The Kier molecular flexibility index (Phi) is 8.82. The lowest BCUT2D eigenvalue weighted by molar-refractivity contribution is 0.241. The number of hydrogen-bond donors (Lipinski definition) is 2. The van der Waals surface area contributed by atoms with Crippen molar-refractivity contribution in [1.82, 2.24) is 10.2 Å². The van der Waals surface area contributed by atoms with Gasteiger partial charge >= 0.3 is 6.03 Å². The van der Waals surface area contributed by atoms with Crippen molar-refractivity contribution in [2.75, 3.05) is 37.6 Å². The molecule has 0 unspecified atom stereocenters. The van der Waals surface area contributed by atoms with E-state index in [2.05, 4.69) is 22.0 Å². The molecule has 5 nitrogen and oxygen atoms in total. The predicted octanol–water partition coefficient (Wildman–Crippen LogP) is 4.12. The van der Waals surface area contributed by atoms with Crippen LogP contribution in [0, 0.1) is 0 Å². The molecular weight excluding hydrogens is 371 g/mol. The first-order valence-corrected chi connectivity index (χ1v) is 10.2. The summed E-state index contributed by atoms with van der Waals surface area (Å²) in [4.78, 5) is 15.1. The summed E-state index contributed by atoms with van der Waals surface area (Å²) in [5.74, 6) is 0. The van der Waals surface area contributed by atoms with Crippen LogP contribution in [0.2, 0.25) is 10.0 Å². The fourth-order valence-corrected chi connectivity index (χ4v) is 3.90. The summed E-state index contributed by atoms with van der Waals surface area (Å²) in [6.45, 7) is 7.56. The minimum atomic E-state index is -0.382. The van der Waals surface area contributed by atoms with Crippen molar-refractivity contribution in [3.05, 3.63) is 28.2 Å². The van der Waals surface area contributed by atoms with E-state index in [1.165, 1.54) is 19.3 Å². The van der Waals surface area contributed by atoms with Crippen LogP contribution in [0.3, 0.4) is 0 Å². The number of anilines is 1. The van der Waals surface area contributed by atoms with Gasteiger partial charge in [0.1, 0.15) is 0 Å². The summed E-state index contributed by atoms with van der Waals surface area (Å²) in [5, 5.41) is 4.03. The average Bonchev–Trinajstić information content (AvgIpc) is 2.65. The van der Waals surface area contributed by atoms with E-state index in [0.717, 1.165) is 51.3 Å². The van der Waals surface area contributed by atoms with Gasteiger partial charge in [-0.1, -0.05) is 55.5 Å². The molecule has 1 saturated heterocycles. The zero-order valence-corrected chi connectivity index (χ0v) is 17.0. The van der Waals surface area contributed by atoms with E-state index in [9.17, 15) is 4.79 Å². The van der Waals surface area contributed by atoms with Gasteiger partial charge in [-0.15, -0.1) is 0 Å². The molecule has 3 rings (SSSR count). The Morgan fingerprint density at radius 1 is 1.15 bits per heavy atom. The number of nitrogens with one attached hydrogen (secondary N) is 1. The van der Waals surface area contributed by atoms with Crippen LogP contribution in [0.4, 0.5) is 10.5 Å². The topological polar surface area (TPSA) is 61.6 Å². The van der Waals surface area contributed by atoms with Gasteiger partial charge in [0.15, 0.2) is 0 Å². The Bertz CT molecular complexity index is 571. The first kappa shape index (κ1) is 21.1. The van der Waals surface area contributed by atoms with Gasteiger partial charge in [0.25, 0.3) is 0 Å². The lowest BCUT2D eigenvalue weighted by Gasteiger charge is -2.36. The van der Waals surface area contributed by atoms with E-state index in [1.807, 2.05) is 18.2 Å². The Morgan fingerprint density at radius 3 is 2.38 bits per heavy atom. The van der Waals surface area contributed by atoms with Gasteiger partial charge in [-0.05, 0) is 31.5 Å². The highest BCUT2D eigenvalue weighted by Gasteiger charge is 2.18. The van der Waals surface area contributed by atoms with Crippen LogP contribution in [-0.4, -0.2) is 49.7 Å². The van der Waals surface area contributed by atoms with Crippen molar-refractivity contribution in [3.8, 4) is 0 Å². The second-order valence-electron chi connectivity index (χ2n) is 6.84. The van der Waals surface area contributed by atoms with Gasteiger partial charge in [0.05, 0.1) is 15.7 Å². The zero-order chi connectivity index (χ0) is 18.9. The van der Waals surface area contributed by atoms with Crippen LogP contribution in [-0.2, 0) is 0 Å².